The molecule has 2 aromatic carbocycles. The van der Waals surface area contributed by atoms with Gasteiger partial charge < -0.3 is 10.2 Å². The third-order valence-electron chi connectivity index (χ3n) is 2.81. The van der Waals surface area contributed by atoms with Gasteiger partial charge in [-0.2, -0.15) is 0 Å². The van der Waals surface area contributed by atoms with Crippen LogP contribution in [0.3, 0.4) is 0 Å². The number of carboxylic acids is 1. The number of hydrogen-bond acceptors (Lipinski definition) is 4. The number of benzene rings is 2. The third kappa shape index (κ3) is 3.38. The standard InChI is InChI=1S/C14H11FO5S/c15-12-6-3-10(14(17)18)7-13(12)21(19,20)8-9-1-4-11(16)5-2-9/h1-7,16H,8H2,(H,17,18). The summed E-state index contributed by atoms with van der Waals surface area (Å²) < 4.78 is 38.1. The summed E-state index contributed by atoms with van der Waals surface area (Å²) in [5.74, 6) is -2.85. The van der Waals surface area contributed by atoms with Gasteiger partial charge in [0.15, 0.2) is 9.84 Å². The van der Waals surface area contributed by atoms with E-state index < -0.39 is 32.3 Å². The molecule has 0 aliphatic rings. The Morgan fingerprint density at radius 1 is 1.10 bits per heavy atom. The van der Waals surface area contributed by atoms with Gasteiger partial charge in [-0.3, -0.25) is 0 Å². The SMILES string of the molecule is O=C(O)c1ccc(F)c(S(=O)(=O)Cc2ccc(O)cc2)c1. The van der Waals surface area contributed by atoms with Crippen LogP contribution in [-0.2, 0) is 15.6 Å². The van der Waals surface area contributed by atoms with Crippen molar-refractivity contribution in [1.29, 1.82) is 0 Å². The molecule has 7 heteroatoms. The topological polar surface area (TPSA) is 91.7 Å². The normalized spacial score (nSPS) is 11.3. The Morgan fingerprint density at radius 3 is 2.29 bits per heavy atom. The first-order valence-corrected chi connectivity index (χ1v) is 7.48. The van der Waals surface area contributed by atoms with E-state index in [1.54, 1.807) is 0 Å². The van der Waals surface area contributed by atoms with E-state index in [2.05, 4.69) is 0 Å². The highest BCUT2D eigenvalue weighted by Crippen LogP contribution is 2.22. The molecule has 0 atom stereocenters. The van der Waals surface area contributed by atoms with Crippen molar-refractivity contribution < 1.29 is 27.8 Å². The van der Waals surface area contributed by atoms with Crippen molar-refractivity contribution in [2.75, 3.05) is 0 Å². The molecule has 0 saturated heterocycles. The number of rotatable bonds is 4. The number of hydrogen-bond donors (Lipinski definition) is 2. The predicted octanol–water partition coefficient (Wildman–Crippen LogP) is 2.20. The van der Waals surface area contributed by atoms with E-state index in [-0.39, 0.29) is 11.3 Å². The Labute approximate surface area is 120 Å². The maximum atomic E-state index is 13.7. The highest BCUT2D eigenvalue weighted by molar-refractivity contribution is 7.90. The largest absolute Gasteiger partial charge is 0.508 e. The van der Waals surface area contributed by atoms with Crippen molar-refractivity contribution in [3.63, 3.8) is 0 Å². The zero-order valence-electron chi connectivity index (χ0n) is 10.7. The minimum Gasteiger partial charge on any atom is -0.508 e. The molecule has 0 aliphatic heterocycles. The summed E-state index contributed by atoms with van der Waals surface area (Å²) in [7, 11) is -4.03. The lowest BCUT2D eigenvalue weighted by atomic mass is 10.2. The fourth-order valence-electron chi connectivity index (χ4n) is 1.76. The van der Waals surface area contributed by atoms with Gasteiger partial charge in [0.25, 0.3) is 0 Å². The predicted molar refractivity (Wildman–Crippen MR) is 72.4 cm³/mol. The maximum Gasteiger partial charge on any atom is 0.335 e. The van der Waals surface area contributed by atoms with E-state index in [1.165, 1.54) is 24.3 Å². The van der Waals surface area contributed by atoms with Crippen molar-refractivity contribution in [2.24, 2.45) is 0 Å². The first kappa shape index (κ1) is 15.0. The average Bonchev–Trinajstić information content (AvgIpc) is 2.41. The third-order valence-corrected chi connectivity index (χ3v) is 4.50. The van der Waals surface area contributed by atoms with Crippen LogP contribution in [0, 0.1) is 5.82 Å². The Kier molecular flexibility index (Phi) is 3.95. The van der Waals surface area contributed by atoms with Crippen molar-refractivity contribution in [1.82, 2.24) is 0 Å². The van der Waals surface area contributed by atoms with Crippen molar-refractivity contribution in [2.45, 2.75) is 10.6 Å². The van der Waals surface area contributed by atoms with Gasteiger partial charge in [-0.15, -0.1) is 0 Å². The van der Waals surface area contributed by atoms with E-state index in [1.807, 2.05) is 0 Å². The maximum absolute atomic E-state index is 13.7. The molecule has 2 aromatic rings. The quantitative estimate of drug-likeness (QED) is 0.903. The van der Waals surface area contributed by atoms with Gasteiger partial charge >= 0.3 is 5.97 Å². The second-order valence-corrected chi connectivity index (χ2v) is 6.33. The Morgan fingerprint density at radius 2 is 1.71 bits per heavy atom. The number of carbonyl (C=O) groups is 1. The molecule has 110 valence electrons. The summed E-state index contributed by atoms with van der Waals surface area (Å²) in [6, 6.07) is 8.03. The van der Waals surface area contributed by atoms with E-state index in [4.69, 9.17) is 10.2 Å². The van der Waals surface area contributed by atoms with Crippen molar-refractivity contribution in [3.05, 3.63) is 59.4 Å². The van der Waals surface area contributed by atoms with Gasteiger partial charge in [0.1, 0.15) is 16.5 Å². The zero-order valence-corrected chi connectivity index (χ0v) is 11.5. The molecule has 0 amide bonds. The van der Waals surface area contributed by atoms with Crippen LogP contribution in [-0.4, -0.2) is 24.6 Å². The Hall–Kier alpha value is -2.41. The van der Waals surface area contributed by atoms with E-state index >= 15 is 0 Å². The van der Waals surface area contributed by atoms with E-state index in [0.717, 1.165) is 18.2 Å². The molecule has 0 heterocycles. The number of phenols is 1. The van der Waals surface area contributed by atoms with Gasteiger partial charge in [-0.25, -0.2) is 17.6 Å². The number of aromatic hydroxyl groups is 1. The summed E-state index contributed by atoms with van der Waals surface area (Å²) in [5.41, 5.74) is 0.0496. The van der Waals surface area contributed by atoms with Crippen LogP contribution in [0.25, 0.3) is 0 Å². The van der Waals surface area contributed by atoms with Crippen LogP contribution in [0.5, 0.6) is 5.75 Å². The molecule has 0 saturated carbocycles. The molecule has 0 aromatic heterocycles. The number of halogens is 1. The van der Waals surface area contributed by atoms with Crippen LogP contribution in [0.1, 0.15) is 15.9 Å². The molecule has 2 rings (SSSR count). The fraction of sp³-hybridized carbons (Fsp3) is 0.0714. The number of aromatic carboxylic acids is 1. The van der Waals surface area contributed by atoms with Crippen molar-refractivity contribution >= 4 is 15.8 Å². The monoisotopic (exact) mass is 310 g/mol. The zero-order chi connectivity index (χ0) is 15.6. The molecule has 0 unspecified atom stereocenters. The minimum absolute atomic E-state index is 0.0183. The van der Waals surface area contributed by atoms with Gasteiger partial charge in [-0.05, 0) is 35.9 Å². The first-order chi connectivity index (χ1) is 9.79. The average molecular weight is 310 g/mol. The smallest absolute Gasteiger partial charge is 0.335 e. The van der Waals surface area contributed by atoms with Gasteiger partial charge in [-0.1, -0.05) is 12.1 Å². The molecule has 0 bridgehead atoms. The van der Waals surface area contributed by atoms with E-state index in [0.29, 0.717) is 5.56 Å². The molecule has 0 aliphatic carbocycles. The minimum atomic E-state index is -4.03. The lowest BCUT2D eigenvalue weighted by Gasteiger charge is -2.07. The number of phenolic OH excluding ortho intramolecular Hbond substituents is 1. The van der Waals surface area contributed by atoms with Crippen LogP contribution in [0.15, 0.2) is 47.4 Å². The summed E-state index contributed by atoms with van der Waals surface area (Å²) >= 11 is 0. The second kappa shape index (κ2) is 5.53. The fourth-order valence-corrected chi connectivity index (χ4v) is 3.22. The van der Waals surface area contributed by atoms with Crippen molar-refractivity contribution in [3.8, 4) is 5.75 Å². The van der Waals surface area contributed by atoms with Gasteiger partial charge in [0, 0.05) is 0 Å². The first-order valence-electron chi connectivity index (χ1n) is 5.83. The molecule has 2 N–H and O–H groups in total. The van der Waals surface area contributed by atoms with Crippen LogP contribution >= 0.6 is 0 Å². The highest BCUT2D eigenvalue weighted by atomic mass is 32.2. The second-order valence-electron chi connectivity index (χ2n) is 4.38. The molecule has 0 fully saturated rings. The molecular weight excluding hydrogens is 299 g/mol. The molecule has 0 radical (unpaired) electrons. The van der Waals surface area contributed by atoms with Crippen LogP contribution < -0.4 is 0 Å². The molecule has 5 nitrogen and oxygen atoms in total. The Balaban J connectivity index is 2.41. The lowest BCUT2D eigenvalue weighted by molar-refractivity contribution is 0.0696. The number of carboxylic acid groups (broad SMARTS) is 1. The summed E-state index contributed by atoms with van der Waals surface area (Å²) in [6.07, 6.45) is 0. The summed E-state index contributed by atoms with van der Waals surface area (Å²) in [6.45, 7) is 0. The highest BCUT2D eigenvalue weighted by Gasteiger charge is 2.21. The Bertz CT molecular complexity index is 782. The molecule has 21 heavy (non-hydrogen) atoms. The van der Waals surface area contributed by atoms with E-state index in [9.17, 15) is 17.6 Å². The number of sulfone groups is 1. The molecular formula is C14H11FO5S. The summed E-state index contributed by atoms with van der Waals surface area (Å²) in [5, 5.41) is 18.0. The molecule has 0 spiro atoms. The van der Waals surface area contributed by atoms with Crippen LogP contribution in [0.2, 0.25) is 0 Å². The van der Waals surface area contributed by atoms with Gasteiger partial charge in [0.2, 0.25) is 0 Å². The summed E-state index contributed by atoms with van der Waals surface area (Å²) in [4.78, 5) is 10.2. The van der Waals surface area contributed by atoms with Crippen LogP contribution in [0.4, 0.5) is 4.39 Å². The lowest BCUT2D eigenvalue weighted by Crippen LogP contribution is -2.09. The van der Waals surface area contributed by atoms with Gasteiger partial charge in [0.05, 0.1) is 11.3 Å².